The first kappa shape index (κ1) is 19.0. The van der Waals surface area contributed by atoms with Gasteiger partial charge in [-0.3, -0.25) is 0 Å². The summed E-state index contributed by atoms with van der Waals surface area (Å²) >= 11 is 0. The summed E-state index contributed by atoms with van der Waals surface area (Å²) in [6.07, 6.45) is -0.615. The Bertz CT molecular complexity index is 895. The zero-order valence-electron chi connectivity index (χ0n) is 15.3. The molecule has 140 valence electrons. The van der Waals surface area contributed by atoms with Crippen LogP contribution in [0.4, 0.5) is 4.39 Å². The second kappa shape index (κ2) is 7.10. The molecule has 26 heavy (non-hydrogen) atoms. The number of nitrogens with zero attached hydrogens (tertiary/aromatic N) is 1. The van der Waals surface area contributed by atoms with Gasteiger partial charge in [0, 0.05) is 12.1 Å². The van der Waals surface area contributed by atoms with Gasteiger partial charge >= 0.3 is 0 Å². The third kappa shape index (κ3) is 3.82. The van der Waals surface area contributed by atoms with Crippen molar-refractivity contribution in [2.45, 2.75) is 38.2 Å². The largest absolute Gasteiger partial charge is 0.370 e. The summed E-state index contributed by atoms with van der Waals surface area (Å²) in [4.78, 5) is 0. The topological polar surface area (TPSA) is 46.6 Å². The van der Waals surface area contributed by atoms with E-state index in [4.69, 9.17) is 4.74 Å². The smallest absolute Gasteiger partial charge is 0.218 e. The Morgan fingerprint density at radius 2 is 1.81 bits per heavy atom. The summed E-state index contributed by atoms with van der Waals surface area (Å²) in [5.41, 5.74) is 1.41. The van der Waals surface area contributed by atoms with Gasteiger partial charge in [-0.25, -0.2) is 12.8 Å². The van der Waals surface area contributed by atoms with Crippen molar-refractivity contribution in [3.8, 4) is 0 Å². The number of hydrogen-bond donors (Lipinski definition) is 0. The normalized spacial score (nSPS) is 20.8. The van der Waals surface area contributed by atoms with E-state index < -0.39 is 21.7 Å². The van der Waals surface area contributed by atoms with Gasteiger partial charge in [-0.05, 0) is 38.0 Å². The first-order valence-electron chi connectivity index (χ1n) is 8.62. The maximum Gasteiger partial charge on any atom is 0.218 e. The van der Waals surface area contributed by atoms with Gasteiger partial charge in [0.15, 0.2) is 0 Å². The van der Waals surface area contributed by atoms with E-state index in [0.717, 1.165) is 11.1 Å². The van der Waals surface area contributed by atoms with Gasteiger partial charge in [-0.2, -0.15) is 4.31 Å². The SMILES string of the molecule is Cc1ccccc1CS(=O)(=O)N1CC(c2ccccc2F)OCC1(C)C. The quantitative estimate of drug-likeness (QED) is 0.814. The molecule has 0 saturated carbocycles. The van der Waals surface area contributed by atoms with E-state index in [1.807, 2.05) is 45.0 Å². The van der Waals surface area contributed by atoms with Gasteiger partial charge in [0.2, 0.25) is 10.0 Å². The van der Waals surface area contributed by atoms with Crippen molar-refractivity contribution in [1.29, 1.82) is 0 Å². The highest BCUT2D eigenvalue weighted by atomic mass is 32.2. The van der Waals surface area contributed by atoms with E-state index in [-0.39, 0.29) is 24.7 Å². The van der Waals surface area contributed by atoms with Crippen LogP contribution in [0.2, 0.25) is 0 Å². The second-order valence-corrected chi connectivity index (χ2v) is 9.24. The van der Waals surface area contributed by atoms with Crippen molar-refractivity contribution in [3.05, 3.63) is 71.0 Å². The summed E-state index contributed by atoms with van der Waals surface area (Å²) in [7, 11) is -3.59. The molecule has 2 aromatic carbocycles. The molecule has 0 spiro atoms. The predicted molar refractivity (Wildman–Crippen MR) is 99.7 cm³/mol. The highest BCUT2D eigenvalue weighted by Crippen LogP contribution is 2.34. The van der Waals surface area contributed by atoms with Crippen LogP contribution in [0.3, 0.4) is 0 Å². The third-order valence-corrected chi connectivity index (χ3v) is 6.82. The van der Waals surface area contributed by atoms with Crippen LogP contribution >= 0.6 is 0 Å². The highest BCUT2D eigenvalue weighted by molar-refractivity contribution is 7.88. The molecule has 6 heteroatoms. The van der Waals surface area contributed by atoms with Crippen LogP contribution in [0.5, 0.6) is 0 Å². The van der Waals surface area contributed by atoms with Crippen LogP contribution in [-0.2, 0) is 20.5 Å². The summed E-state index contributed by atoms with van der Waals surface area (Å²) in [5, 5.41) is 0. The Kier molecular flexibility index (Phi) is 5.19. The van der Waals surface area contributed by atoms with Gasteiger partial charge in [-0.15, -0.1) is 0 Å². The third-order valence-electron chi connectivity index (χ3n) is 4.83. The molecule has 0 bridgehead atoms. The van der Waals surface area contributed by atoms with E-state index in [1.165, 1.54) is 10.4 Å². The monoisotopic (exact) mass is 377 g/mol. The number of benzene rings is 2. The molecule has 1 atom stereocenters. The summed E-state index contributed by atoms with van der Waals surface area (Å²) < 4.78 is 47.7. The summed E-state index contributed by atoms with van der Waals surface area (Å²) in [6, 6.07) is 13.8. The first-order valence-corrected chi connectivity index (χ1v) is 10.2. The highest BCUT2D eigenvalue weighted by Gasteiger charge is 2.43. The minimum absolute atomic E-state index is 0.0763. The lowest BCUT2D eigenvalue weighted by molar-refractivity contribution is -0.0668. The number of aryl methyl sites for hydroxylation is 1. The van der Waals surface area contributed by atoms with Crippen LogP contribution in [0.1, 0.15) is 36.6 Å². The number of sulfonamides is 1. The van der Waals surface area contributed by atoms with E-state index >= 15 is 0 Å². The van der Waals surface area contributed by atoms with E-state index in [1.54, 1.807) is 18.2 Å². The standard InChI is InChI=1S/C20H24FNO3S/c1-15-8-4-5-9-16(15)13-26(23,24)22-12-19(25-14-20(22,2)3)17-10-6-7-11-18(17)21/h4-11,19H,12-14H2,1-3H3. The van der Waals surface area contributed by atoms with Gasteiger partial charge in [-0.1, -0.05) is 42.5 Å². The van der Waals surface area contributed by atoms with Crippen LogP contribution < -0.4 is 0 Å². The Morgan fingerprint density at radius 3 is 2.50 bits per heavy atom. The van der Waals surface area contributed by atoms with E-state index in [2.05, 4.69) is 0 Å². The predicted octanol–water partition coefficient (Wildman–Crippen LogP) is 3.82. The Labute approximate surface area is 154 Å². The summed E-state index contributed by atoms with van der Waals surface area (Å²) in [6.45, 7) is 5.87. The van der Waals surface area contributed by atoms with Crippen molar-refractivity contribution < 1.29 is 17.5 Å². The van der Waals surface area contributed by atoms with Crippen molar-refractivity contribution >= 4 is 10.0 Å². The number of ether oxygens (including phenoxy) is 1. The van der Waals surface area contributed by atoms with Crippen LogP contribution in [0, 0.1) is 12.7 Å². The average molecular weight is 377 g/mol. The van der Waals surface area contributed by atoms with Crippen LogP contribution in [0.15, 0.2) is 48.5 Å². The molecule has 4 nitrogen and oxygen atoms in total. The average Bonchev–Trinajstić information content (AvgIpc) is 2.57. The molecule has 0 aliphatic carbocycles. The molecule has 1 aliphatic heterocycles. The Morgan fingerprint density at radius 1 is 1.15 bits per heavy atom. The number of rotatable bonds is 4. The lowest BCUT2D eigenvalue weighted by Crippen LogP contribution is -2.56. The first-order chi connectivity index (χ1) is 12.2. The fourth-order valence-corrected chi connectivity index (χ4v) is 5.33. The van der Waals surface area contributed by atoms with Gasteiger partial charge in [0.05, 0.1) is 24.0 Å². The molecule has 2 aromatic rings. The van der Waals surface area contributed by atoms with Gasteiger partial charge in [0.1, 0.15) is 5.82 Å². The number of halogens is 1. The lowest BCUT2D eigenvalue weighted by atomic mass is 10.0. The fourth-order valence-electron chi connectivity index (χ4n) is 3.29. The van der Waals surface area contributed by atoms with Gasteiger partial charge in [0.25, 0.3) is 0 Å². The number of hydrogen-bond acceptors (Lipinski definition) is 3. The molecule has 0 radical (unpaired) electrons. The minimum Gasteiger partial charge on any atom is -0.370 e. The molecule has 0 aromatic heterocycles. The molecule has 1 unspecified atom stereocenters. The van der Waals surface area contributed by atoms with Crippen molar-refractivity contribution in [2.24, 2.45) is 0 Å². The maximum atomic E-state index is 14.1. The molecule has 1 aliphatic rings. The summed E-state index contributed by atoms with van der Waals surface area (Å²) in [5.74, 6) is -0.457. The second-order valence-electron chi connectivity index (χ2n) is 7.35. The van der Waals surface area contributed by atoms with Crippen molar-refractivity contribution in [1.82, 2.24) is 4.31 Å². The lowest BCUT2D eigenvalue weighted by Gasteiger charge is -2.44. The fraction of sp³-hybridized carbons (Fsp3) is 0.400. The molecule has 1 saturated heterocycles. The number of morpholine rings is 1. The zero-order chi connectivity index (χ0) is 18.9. The molecular weight excluding hydrogens is 353 g/mol. The van der Waals surface area contributed by atoms with Gasteiger partial charge < -0.3 is 4.74 Å². The Hall–Kier alpha value is -1.76. The molecular formula is C20H24FNO3S. The van der Waals surface area contributed by atoms with Crippen LogP contribution in [0.25, 0.3) is 0 Å². The zero-order valence-corrected chi connectivity index (χ0v) is 16.1. The Balaban J connectivity index is 1.90. The van der Waals surface area contributed by atoms with E-state index in [9.17, 15) is 12.8 Å². The maximum absolute atomic E-state index is 14.1. The van der Waals surface area contributed by atoms with Crippen molar-refractivity contribution in [3.63, 3.8) is 0 Å². The molecule has 0 amide bonds. The molecule has 3 rings (SSSR count). The molecule has 1 heterocycles. The minimum atomic E-state index is -3.59. The van der Waals surface area contributed by atoms with Crippen LogP contribution in [-0.4, -0.2) is 31.4 Å². The molecule has 0 N–H and O–H groups in total. The van der Waals surface area contributed by atoms with E-state index in [0.29, 0.717) is 5.56 Å². The molecule has 1 fully saturated rings. The van der Waals surface area contributed by atoms with Crippen molar-refractivity contribution in [2.75, 3.05) is 13.2 Å².